The van der Waals surface area contributed by atoms with Crippen molar-refractivity contribution < 1.29 is 14.3 Å². The number of amides is 1. The van der Waals surface area contributed by atoms with Crippen molar-refractivity contribution in [3.05, 3.63) is 0 Å². The third-order valence-corrected chi connectivity index (χ3v) is 3.09. The molecule has 5 heteroatoms. The summed E-state index contributed by atoms with van der Waals surface area (Å²) in [6.07, 6.45) is 2.28. The average Bonchev–Trinajstić information content (AvgIpc) is 2.49. The highest BCUT2D eigenvalue weighted by atomic mass is 16.5. The third-order valence-electron chi connectivity index (χ3n) is 3.09. The highest BCUT2D eigenvalue weighted by Gasteiger charge is 2.19. The zero-order valence-corrected chi connectivity index (χ0v) is 11.6. The van der Waals surface area contributed by atoms with Crippen molar-refractivity contribution in [2.45, 2.75) is 32.8 Å². The summed E-state index contributed by atoms with van der Waals surface area (Å²) in [5, 5.41) is 3.27. The lowest BCUT2D eigenvalue weighted by Crippen LogP contribution is -2.43. The minimum atomic E-state index is 0.0989. The SMILES string of the molecule is CC.O=C(COC1CCNCC1)N1CCOCC1. The van der Waals surface area contributed by atoms with Gasteiger partial charge >= 0.3 is 0 Å². The summed E-state index contributed by atoms with van der Waals surface area (Å²) in [6.45, 7) is 8.93. The molecule has 2 fully saturated rings. The van der Waals surface area contributed by atoms with Gasteiger partial charge in [-0.1, -0.05) is 13.8 Å². The van der Waals surface area contributed by atoms with Gasteiger partial charge in [0.05, 0.1) is 19.3 Å². The van der Waals surface area contributed by atoms with Crippen LogP contribution < -0.4 is 5.32 Å². The standard InChI is InChI=1S/C11H20N2O3.C2H6/c14-11(13-5-7-15-8-6-13)9-16-10-1-3-12-4-2-10;1-2/h10,12H,1-9H2;1-2H3. The third kappa shape index (κ3) is 5.33. The smallest absolute Gasteiger partial charge is 0.248 e. The molecule has 1 amide bonds. The number of ether oxygens (including phenoxy) is 2. The Morgan fingerprint density at radius 2 is 1.89 bits per heavy atom. The molecule has 106 valence electrons. The Morgan fingerprint density at radius 1 is 1.28 bits per heavy atom. The topological polar surface area (TPSA) is 50.8 Å². The summed E-state index contributed by atoms with van der Waals surface area (Å²) in [6, 6.07) is 0. The average molecular weight is 258 g/mol. The van der Waals surface area contributed by atoms with Crippen molar-refractivity contribution in [3.8, 4) is 0 Å². The van der Waals surface area contributed by atoms with E-state index in [0.717, 1.165) is 25.9 Å². The van der Waals surface area contributed by atoms with Crippen LogP contribution in [-0.2, 0) is 14.3 Å². The molecule has 2 rings (SSSR count). The van der Waals surface area contributed by atoms with Crippen molar-refractivity contribution in [1.29, 1.82) is 0 Å². The van der Waals surface area contributed by atoms with E-state index in [1.807, 2.05) is 18.7 Å². The van der Waals surface area contributed by atoms with Crippen molar-refractivity contribution in [3.63, 3.8) is 0 Å². The molecule has 0 radical (unpaired) electrons. The van der Waals surface area contributed by atoms with E-state index in [9.17, 15) is 4.79 Å². The predicted octanol–water partition coefficient (Wildman–Crippen LogP) is 0.640. The number of nitrogens with one attached hydrogen (secondary N) is 1. The highest BCUT2D eigenvalue weighted by Crippen LogP contribution is 2.07. The lowest BCUT2D eigenvalue weighted by molar-refractivity contribution is -0.142. The molecule has 0 aromatic heterocycles. The maximum Gasteiger partial charge on any atom is 0.248 e. The Labute approximate surface area is 110 Å². The number of carbonyl (C=O) groups is 1. The summed E-state index contributed by atoms with van der Waals surface area (Å²) >= 11 is 0. The first kappa shape index (κ1) is 15.4. The Bertz CT molecular complexity index is 224. The van der Waals surface area contributed by atoms with Gasteiger partial charge in [-0.3, -0.25) is 4.79 Å². The molecular weight excluding hydrogens is 232 g/mol. The second kappa shape index (κ2) is 9.30. The molecule has 18 heavy (non-hydrogen) atoms. The second-order valence-corrected chi connectivity index (χ2v) is 4.25. The maximum absolute atomic E-state index is 11.8. The van der Waals surface area contributed by atoms with E-state index in [-0.39, 0.29) is 18.6 Å². The first-order chi connectivity index (χ1) is 8.86. The Morgan fingerprint density at radius 3 is 2.50 bits per heavy atom. The number of nitrogens with zero attached hydrogens (tertiary/aromatic N) is 1. The van der Waals surface area contributed by atoms with Gasteiger partial charge in [0, 0.05) is 13.1 Å². The van der Waals surface area contributed by atoms with Crippen LogP contribution in [0.4, 0.5) is 0 Å². The first-order valence-corrected chi connectivity index (χ1v) is 7.04. The van der Waals surface area contributed by atoms with E-state index in [2.05, 4.69) is 5.32 Å². The van der Waals surface area contributed by atoms with Crippen molar-refractivity contribution in [2.75, 3.05) is 46.0 Å². The summed E-state index contributed by atoms with van der Waals surface area (Å²) < 4.78 is 10.8. The fraction of sp³-hybridized carbons (Fsp3) is 0.923. The number of carbonyl (C=O) groups excluding carboxylic acids is 1. The molecule has 2 heterocycles. The quantitative estimate of drug-likeness (QED) is 0.807. The molecule has 0 unspecified atom stereocenters. The summed E-state index contributed by atoms with van der Waals surface area (Å²) in [4.78, 5) is 13.6. The summed E-state index contributed by atoms with van der Waals surface area (Å²) in [7, 11) is 0. The van der Waals surface area contributed by atoms with Crippen LogP contribution in [0.15, 0.2) is 0 Å². The van der Waals surface area contributed by atoms with E-state index >= 15 is 0 Å². The maximum atomic E-state index is 11.8. The van der Waals surface area contributed by atoms with Crippen LogP contribution in [0.3, 0.4) is 0 Å². The summed E-state index contributed by atoms with van der Waals surface area (Å²) in [5.74, 6) is 0.0989. The largest absolute Gasteiger partial charge is 0.378 e. The van der Waals surface area contributed by atoms with E-state index < -0.39 is 0 Å². The lowest BCUT2D eigenvalue weighted by atomic mass is 10.1. The van der Waals surface area contributed by atoms with E-state index in [1.54, 1.807) is 0 Å². The van der Waals surface area contributed by atoms with Gasteiger partial charge in [0.2, 0.25) is 5.91 Å². The number of morpholine rings is 1. The monoisotopic (exact) mass is 258 g/mol. The van der Waals surface area contributed by atoms with Crippen molar-refractivity contribution in [2.24, 2.45) is 0 Å². The Hall–Kier alpha value is -0.650. The fourth-order valence-corrected chi connectivity index (χ4v) is 2.06. The molecule has 0 aromatic carbocycles. The van der Waals surface area contributed by atoms with Gasteiger partial charge in [-0.05, 0) is 25.9 Å². The first-order valence-electron chi connectivity index (χ1n) is 7.04. The molecule has 5 nitrogen and oxygen atoms in total. The van der Waals surface area contributed by atoms with Crippen LogP contribution in [0.2, 0.25) is 0 Å². The van der Waals surface area contributed by atoms with Gasteiger partial charge in [-0.15, -0.1) is 0 Å². The molecule has 1 N–H and O–H groups in total. The van der Waals surface area contributed by atoms with Crippen LogP contribution in [-0.4, -0.2) is 62.9 Å². The van der Waals surface area contributed by atoms with Crippen molar-refractivity contribution in [1.82, 2.24) is 10.2 Å². The zero-order valence-electron chi connectivity index (χ0n) is 11.6. The molecule has 0 saturated carbocycles. The van der Waals surface area contributed by atoms with Gasteiger partial charge < -0.3 is 19.7 Å². The fourth-order valence-electron chi connectivity index (χ4n) is 2.06. The molecule has 0 aromatic rings. The van der Waals surface area contributed by atoms with Crippen LogP contribution in [0.1, 0.15) is 26.7 Å². The molecule has 0 atom stereocenters. The lowest BCUT2D eigenvalue weighted by Gasteiger charge is -2.28. The van der Waals surface area contributed by atoms with Crippen LogP contribution in [0.25, 0.3) is 0 Å². The van der Waals surface area contributed by atoms with Gasteiger partial charge in [0.25, 0.3) is 0 Å². The van der Waals surface area contributed by atoms with Gasteiger partial charge in [0.15, 0.2) is 0 Å². The van der Waals surface area contributed by atoms with Crippen LogP contribution in [0.5, 0.6) is 0 Å². The molecular formula is C13H26N2O3. The van der Waals surface area contributed by atoms with E-state index in [4.69, 9.17) is 9.47 Å². The molecule has 2 aliphatic heterocycles. The number of rotatable bonds is 3. The number of piperidine rings is 1. The second-order valence-electron chi connectivity index (χ2n) is 4.25. The molecule has 2 aliphatic rings. The Balaban J connectivity index is 0.000000771. The van der Waals surface area contributed by atoms with Crippen LogP contribution >= 0.6 is 0 Å². The van der Waals surface area contributed by atoms with Crippen molar-refractivity contribution >= 4 is 5.91 Å². The van der Waals surface area contributed by atoms with E-state index in [0.29, 0.717) is 26.3 Å². The minimum absolute atomic E-state index is 0.0989. The van der Waals surface area contributed by atoms with Gasteiger partial charge in [-0.25, -0.2) is 0 Å². The molecule has 0 bridgehead atoms. The normalized spacial score (nSPS) is 21.1. The number of hydrogen-bond donors (Lipinski definition) is 1. The predicted molar refractivity (Wildman–Crippen MR) is 70.6 cm³/mol. The molecule has 0 aliphatic carbocycles. The Kier molecular flexibility index (Phi) is 7.96. The summed E-state index contributed by atoms with van der Waals surface area (Å²) in [5.41, 5.74) is 0. The van der Waals surface area contributed by atoms with E-state index in [1.165, 1.54) is 0 Å². The zero-order chi connectivity index (χ0) is 13.2. The molecule has 2 saturated heterocycles. The van der Waals surface area contributed by atoms with Gasteiger partial charge in [-0.2, -0.15) is 0 Å². The minimum Gasteiger partial charge on any atom is -0.378 e. The van der Waals surface area contributed by atoms with Crippen LogP contribution in [0, 0.1) is 0 Å². The highest BCUT2D eigenvalue weighted by molar-refractivity contribution is 5.77. The molecule has 0 spiro atoms. The van der Waals surface area contributed by atoms with Gasteiger partial charge in [0.1, 0.15) is 6.61 Å². The number of hydrogen-bond acceptors (Lipinski definition) is 4.